The van der Waals surface area contributed by atoms with Crippen LogP contribution in [0.4, 0.5) is 19.1 Å². The number of nitrogens with zero attached hydrogens (tertiary/aromatic N) is 1. The summed E-state index contributed by atoms with van der Waals surface area (Å²) in [5.41, 5.74) is 0. The van der Waals surface area contributed by atoms with Crippen LogP contribution in [0.3, 0.4) is 0 Å². The Morgan fingerprint density at radius 3 is 2.47 bits per heavy atom. The van der Waals surface area contributed by atoms with Crippen molar-refractivity contribution in [2.24, 2.45) is 0 Å². The third-order valence-electron chi connectivity index (χ3n) is 1.48. The van der Waals surface area contributed by atoms with Crippen LogP contribution in [0.1, 0.15) is 5.76 Å². The first kappa shape index (κ1) is 11.2. The summed E-state index contributed by atoms with van der Waals surface area (Å²) in [5.74, 6) is -3.09. The minimum Gasteiger partial charge on any atom is -0.405 e. The predicted octanol–water partition coefficient (Wildman–Crippen LogP) is 1.86. The summed E-state index contributed by atoms with van der Waals surface area (Å²) >= 11 is 0. The molecule has 0 atom stereocenters. The quantitative estimate of drug-likeness (QED) is 0.579. The normalized spacial score (nSPS) is 11.4. The molecule has 0 radical (unpaired) electrons. The first-order valence-electron chi connectivity index (χ1n) is 3.64. The number of hydrogen-bond acceptors (Lipinski definition) is 4. The Morgan fingerprint density at radius 1 is 1.47 bits per heavy atom. The van der Waals surface area contributed by atoms with E-state index in [0.29, 0.717) is 0 Å². The maximum absolute atomic E-state index is 11.8. The van der Waals surface area contributed by atoms with Gasteiger partial charge in [0.1, 0.15) is 10.7 Å². The first-order valence-corrected chi connectivity index (χ1v) is 3.64. The highest BCUT2D eigenvalue weighted by Gasteiger charge is 2.38. The standard InChI is InChI=1S/C7H4F3NO4/c8-7(9,10)5(12)3-4-1-2-6(15-4)11(13)14/h1-2H,3H2. The summed E-state index contributed by atoms with van der Waals surface area (Å²) in [7, 11) is 0. The zero-order chi connectivity index (χ0) is 11.6. The van der Waals surface area contributed by atoms with E-state index < -0.39 is 29.2 Å². The molecule has 0 spiro atoms. The summed E-state index contributed by atoms with van der Waals surface area (Å²) in [6, 6.07) is 1.85. The van der Waals surface area contributed by atoms with E-state index in [2.05, 4.69) is 4.42 Å². The van der Waals surface area contributed by atoms with Gasteiger partial charge in [-0.25, -0.2) is 0 Å². The van der Waals surface area contributed by atoms with Gasteiger partial charge in [-0.1, -0.05) is 0 Å². The van der Waals surface area contributed by atoms with Gasteiger partial charge in [0.2, 0.25) is 5.78 Å². The number of ketones is 1. The molecule has 1 heterocycles. The van der Waals surface area contributed by atoms with Crippen molar-refractivity contribution >= 4 is 11.7 Å². The maximum Gasteiger partial charge on any atom is 0.450 e. The number of carbonyl (C=O) groups excluding carboxylic acids is 1. The Labute approximate surface area is 80.6 Å². The van der Waals surface area contributed by atoms with Crippen molar-refractivity contribution in [3.63, 3.8) is 0 Å². The third-order valence-corrected chi connectivity index (χ3v) is 1.48. The first-order chi connectivity index (χ1) is 6.80. The minimum atomic E-state index is -4.96. The molecule has 1 rings (SSSR count). The Balaban J connectivity index is 2.74. The Morgan fingerprint density at radius 2 is 2.07 bits per heavy atom. The van der Waals surface area contributed by atoms with Crippen LogP contribution in [-0.4, -0.2) is 16.9 Å². The van der Waals surface area contributed by atoms with Gasteiger partial charge in [0.25, 0.3) is 0 Å². The van der Waals surface area contributed by atoms with Gasteiger partial charge >= 0.3 is 12.1 Å². The highest BCUT2D eigenvalue weighted by atomic mass is 19.4. The molecule has 0 N–H and O–H groups in total. The zero-order valence-electron chi connectivity index (χ0n) is 7.08. The van der Waals surface area contributed by atoms with Crippen LogP contribution in [0.25, 0.3) is 0 Å². The summed E-state index contributed by atoms with van der Waals surface area (Å²) < 4.78 is 39.7. The van der Waals surface area contributed by atoms with Crippen LogP contribution in [0, 0.1) is 10.1 Å². The monoisotopic (exact) mass is 223 g/mol. The molecule has 0 aromatic carbocycles. The van der Waals surface area contributed by atoms with E-state index in [4.69, 9.17) is 0 Å². The van der Waals surface area contributed by atoms with Gasteiger partial charge in [-0.2, -0.15) is 13.2 Å². The number of carbonyl (C=O) groups is 1. The minimum absolute atomic E-state index is 0.385. The van der Waals surface area contributed by atoms with Crippen molar-refractivity contribution in [2.75, 3.05) is 0 Å². The van der Waals surface area contributed by atoms with Crippen molar-refractivity contribution in [2.45, 2.75) is 12.6 Å². The van der Waals surface area contributed by atoms with Crippen LogP contribution in [0.2, 0.25) is 0 Å². The molecule has 0 aliphatic heterocycles. The van der Waals surface area contributed by atoms with E-state index in [1.165, 1.54) is 0 Å². The Bertz CT molecular complexity index is 395. The lowest BCUT2D eigenvalue weighted by molar-refractivity contribution is -0.402. The van der Waals surface area contributed by atoms with E-state index in [0.717, 1.165) is 12.1 Å². The fourth-order valence-electron chi connectivity index (χ4n) is 0.818. The fraction of sp³-hybridized carbons (Fsp3) is 0.286. The number of rotatable bonds is 3. The van der Waals surface area contributed by atoms with Gasteiger partial charge in [0, 0.05) is 0 Å². The molecule has 0 aliphatic rings. The van der Waals surface area contributed by atoms with Crippen molar-refractivity contribution in [1.82, 2.24) is 0 Å². The third kappa shape index (κ3) is 2.79. The lowest BCUT2D eigenvalue weighted by Crippen LogP contribution is -2.24. The molecule has 5 nitrogen and oxygen atoms in total. The van der Waals surface area contributed by atoms with Crippen molar-refractivity contribution in [1.29, 1.82) is 0 Å². The number of Topliss-reactive ketones (excluding diaryl/α,β-unsaturated/α-hetero) is 1. The van der Waals surface area contributed by atoms with E-state index in [9.17, 15) is 28.1 Å². The molecule has 15 heavy (non-hydrogen) atoms. The van der Waals surface area contributed by atoms with Gasteiger partial charge < -0.3 is 4.42 Å². The Hall–Kier alpha value is -1.86. The molecular weight excluding hydrogens is 219 g/mol. The van der Waals surface area contributed by atoms with Gasteiger partial charge in [0.15, 0.2) is 0 Å². The summed E-state index contributed by atoms with van der Waals surface area (Å²) in [4.78, 5) is 19.7. The van der Waals surface area contributed by atoms with E-state index in [1.807, 2.05) is 0 Å². The van der Waals surface area contributed by atoms with E-state index in [1.54, 1.807) is 0 Å². The van der Waals surface area contributed by atoms with Crippen LogP contribution >= 0.6 is 0 Å². The van der Waals surface area contributed by atoms with E-state index in [-0.39, 0.29) is 5.76 Å². The lowest BCUT2D eigenvalue weighted by Gasteiger charge is -2.01. The molecule has 0 unspecified atom stereocenters. The number of furan rings is 1. The number of alkyl halides is 3. The molecule has 0 aliphatic carbocycles. The zero-order valence-corrected chi connectivity index (χ0v) is 7.08. The lowest BCUT2D eigenvalue weighted by atomic mass is 10.2. The average molecular weight is 223 g/mol. The molecule has 8 heteroatoms. The van der Waals surface area contributed by atoms with Gasteiger partial charge in [0.05, 0.1) is 12.5 Å². The van der Waals surface area contributed by atoms with Crippen LogP contribution in [-0.2, 0) is 11.2 Å². The number of hydrogen-bond donors (Lipinski definition) is 0. The Kier molecular flexibility index (Phi) is 2.78. The maximum atomic E-state index is 11.8. The van der Waals surface area contributed by atoms with Crippen LogP contribution in [0.5, 0.6) is 0 Å². The van der Waals surface area contributed by atoms with E-state index >= 15 is 0 Å². The second kappa shape index (κ2) is 3.71. The van der Waals surface area contributed by atoms with Crippen molar-refractivity contribution in [3.05, 3.63) is 28.0 Å². The summed E-state index contributed by atoms with van der Waals surface area (Å²) in [6.07, 6.45) is -5.99. The highest BCUT2D eigenvalue weighted by Crippen LogP contribution is 2.21. The fourth-order valence-corrected chi connectivity index (χ4v) is 0.818. The molecule has 82 valence electrons. The summed E-state index contributed by atoms with van der Waals surface area (Å²) in [5, 5.41) is 10.1. The molecule has 0 bridgehead atoms. The second-order valence-electron chi connectivity index (χ2n) is 2.59. The molecular formula is C7H4F3NO4. The molecule has 1 aromatic rings. The predicted molar refractivity (Wildman–Crippen MR) is 40.1 cm³/mol. The number of halogens is 3. The molecule has 0 saturated carbocycles. The largest absolute Gasteiger partial charge is 0.450 e. The second-order valence-corrected chi connectivity index (χ2v) is 2.59. The molecule has 0 amide bonds. The van der Waals surface area contributed by atoms with Crippen molar-refractivity contribution < 1.29 is 27.3 Å². The van der Waals surface area contributed by atoms with Gasteiger partial charge in [-0.15, -0.1) is 0 Å². The highest BCUT2D eigenvalue weighted by molar-refractivity contribution is 5.85. The average Bonchev–Trinajstić information content (AvgIpc) is 2.50. The number of nitro groups is 1. The molecule has 0 saturated heterocycles. The van der Waals surface area contributed by atoms with Crippen LogP contribution < -0.4 is 0 Å². The van der Waals surface area contributed by atoms with Crippen molar-refractivity contribution in [3.8, 4) is 0 Å². The van der Waals surface area contributed by atoms with Crippen LogP contribution in [0.15, 0.2) is 16.5 Å². The molecule has 1 aromatic heterocycles. The van der Waals surface area contributed by atoms with Gasteiger partial charge in [-0.05, 0) is 6.07 Å². The SMILES string of the molecule is O=C(Cc1ccc([N+](=O)[O-])o1)C(F)(F)F. The van der Waals surface area contributed by atoms with Gasteiger partial charge in [-0.3, -0.25) is 14.9 Å². The smallest absolute Gasteiger partial charge is 0.405 e. The topological polar surface area (TPSA) is 73.3 Å². The summed E-state index contributed by atoms with van der Waals surface area (Å²) in [6.45, 7) is 0. The molecule has 0 fully saturated rings.